The molecule has 10 atom stereocenters. The lowest BCUT2D eigenvalue weighted by molar-refractivity contribution is -0.206. The van der Waals surface area contributed by atoms with Gasteiger partial charge < -0.3 is 10.2 Å². The van der Waals surface area contributed by atoms with Gasteiger partial charge in [-0.05, 0) is 109 Å². The van der Waals surface area contributed by atoms with Crippen molar-refractivity contribution in [1.82, 2.24) is 0 Å². The molecule has 0 aromatic carbocycles. The van der Waals surface area contributed by atoms with E-state index in [1.165, 1.54) is 18.4 Å². The summed E-state index contributed by atoms with van der Waals surface area (Å²) >= 11 is 0. The van der Waals surface area contributed by atoms with Crippen molar-refractivity contribution in [1.29, 1.82) is 0 Å². The summed E-state index contributed by atoms with van der Waals surface area (Å²) in [4.78, 5) is 12.8. The van der Waals surface area contributed by atoms with E-state index in [1.54, 1.807) is 0 Å². The molecular weight excluding hydrogens is 408 g/mol. The van der Waals surface area contributed by atoms with E-state index in [9.17, 15) is 15.0 Å². The Bertz CT molecular complexity index is 874. The number of carbonyl (C=O) groups is 1. The van der Waals surface area contributed by atoms with Gasteiger partial charge in [0.1, 0.15) is 0 Å². The molecule has 0 heterocycles. The summed E-state index contributed by atoms with van der Waals surface area (Å²) in [5, 5.41) is 21.4. The number of fused-ring (bicyclic) bond motifs is 7. The fraction of sp³-hybridized carbons (Fsp3) is 0.900. The van der Waals surface area contributed by atoms with Crippen molar-refractivity contribution in [3.8, 4) is 0 Å². The Morgan fingerprint density at radius 2 is 1.61 bits per heavy atom. The highest BCUT2D eigenvalue weighted by Crippen LogP contribution is 2.75. The predicted molar refractivity (Wildman–Crippen MR) is 133 cm³/mol. The van der Waals surface area contributed by atoms with Crippen LogP contribution in [0.15, 0.2) is 11.6 Å². The summed E-state index contributed by atoms with van der Waals surface area (Å²) in [6, 6.07) is 0. The molecule has 0 saturated heterocycles. The fourth-order valence-electron chi connectivity index (χ4n) is 10.8. The van der Waals surface area contributed by atoms with E-state index in [0.29, 0.717) is 23.7 Å². The predicted octanol–water partition coefficient (Wildman–Crippen LogP) is 7.09. The maximum absolute atomic E-state index is 12.8. The van der Waals surface area contributed by atoms with Crippen molar-refractivity contribution in [2.45, 2.75) is 112 Å². The molecule has 0 spiro atoms. The van der Waals surface area contributed by atoms with Crippen LogP contribution in [0.4, 0.5) is 0 Å². The number of hydrogen-bond donors (Lipinski definition) is 2. The molecule has 3 nitrogen and oxygen atoms in total. The second-order valence-electron chi connectivity index (χ2n) is 14.5. The molecule has 5 rings (SSSR count). The van der Waals surface area contributed by atoms with Gasteiger partial charge >= 0.3 is 5.97 Å². The molecule has 5 aliphatic carbocycles. The summed E-state index contributed by atoms with van der Waals surface area (Å²) in [6.07, 6.45) is 11.6. The molecule has 4 fully saturated rings. The second-order valence-corrected chi connectivity index (χ2v) is 14.5. The monoisotopic (exact) mass is 456 g/mol. The van der Waals surface area contributed by atoms with Crippen molar-refractivity contribution in [3.63, 3.8) is 0 Å². The Balaban J connectivity index is 1.61. The number of aliphatic hydroxyl groups is 1. The van der Waals surface area contributed by atoms with E-state index in [0.717, 1.165) is 44.9 Å². The second kappa shape index (κ2) is 7.11. The van der Waals surface area contributed by atoms with Crippen molar-refractivity contribution < 1.29 is 15.0 Å². The Hall–Kier alpha value is -0.830. The number of carboxylic acids is 1. The van der Waals surface area contributed by atoms with Gasteiger partial charge in [0.15, 0.2) is 0 Å². The zero-order valence-electron chi connectivity index (χ0n) is 22.2. The molecule has 186 valence electrons. The van der Waals surface area contributed by atoms with Gasteiger partial charge in [0.05, 0.1) is 11.5 Å². The van der Waals surface area contributed by atoms with Crippen LogP contribution in [-0.4, -0.2) is 22.3 Å². The quantitative estimate of drug-likeness (QED) is 0.414. The van der Waals surface area contributed by atoms with Gasteiger partial charge in [0.25, 0.3) is 0 Å². The molecule has 0 radical (unpaired) electrons. The summed E-state index contributed by atoms with van der Waals surface area (Å²) in [5.74, 6) is 1.82. The molecule has 0 aromatic rings. The third-order valence-corrected chi connectivity index (χ3v) is 13.4. The lowest BCUT2D eigenvalue weighted by Crippen LogP contribution is -2.65. The third kappa shape index (κ3) is 2.75. The normalized spacial score (nSPS) is 55.3. The molecule has 0 aromatic heterocycles. The maximum atomic E-state index is 12.8. The van der Waals surface area contributed by atoms with E-state index >= 15 is 0 Å². The van der Waals surface area contributed by atoms with Crippen LogP contribution >= 0.6 is 0 Å². The van der Waals surface area contributed by atoms with Gasteiger partial charge in [-0.15, -0.1) is 0 Å². The summed E-state index contributed by atoms with van der Waals surface area (Å²) in [6.45, 7) is 17.0. The molecule has 0 bridgehead atoms. The molecule has 33 heavy (non-hydrogen) atoms. The molecule has 4 saturated carbocycles. The van der Waals surface area contributed by atoms with Gasteiger partial charge in [0.2, 0.25) is 0 Å². The minimum absolute atomic E-state index is 0.0302. The summed E-state index contributed by atoms with van der Waals surface area (Å²) in [7, 11) is 0. The SMILES string of the molecule is C[C@H]1[C@H](C)CC[C@@]2(C(=O)O)CC[C@@]3(C)C(=CC[C@@H]4[C@@]5(C)CC[C@H](O)C(C)(C)[C@@H]5CC[C@]43C)[C@H]12. The van der Waals surface area contributed by atoms with Gasteiger partial charge in [0, 0.05) is 0 Å². The first-order valence-electron chi connectivity index (χ1n) is 13.9. The van der Waals surface area contributed by atoms with Crippen LogP contribution in [0.25, 0.3) is 0 Å². The molecular formula is C30H48O3. The standard InChI is InChI=1S/C30H48O3/c1-18-10-15-30(25(32)33)17-16-28(6)20(24(30)19(18)2)8-9-22-27(5)13-12-23(31)26(3,4)21(27)11-14-29(22,28)7/h8,18-19,21-24,31H,9-17H2,1-7H3,(H,32,33)/t18-,19+,21+,22-,23+,24+,27+,28+,29-,30-/m1/s1. The van der Waals surface area contributed by atoms with Gasteiger partial charge in [-0.2, -0.15) is 0 Å². The van der Waals surface area contributed by atoms with E-state index in [2.05, 4.69) is 54.5 Å². The Kier molecular flexibility index (Phi) is 5.15. The minimum Gasteiger partial charge on any atom is -0.481 e. The van der Waals surface area contributed by atoms with Crippen molar-refractivity contribution in [2.24, 2.45) is 56.7 Å². The first kappa shape index (κ1) is 23.9. The first-order valence-corrected chi connectivity index (χ1v) is 13.9. The van der Waals surface area contributed by atoms with Crippen LogP contribution in [0.1, 0.15) is 106 Å². The first-order chi connectivity index (χ1) is 15.3. The number of aliphatic carboxylic acids is 1. The van der Waals surface area contributed by atoms with Gasteiger partial charge in [-0.25, -0.2) is 0 Å². The Morgan fingerprint density at radius 3 is 2.27 bits per heavy atom. The number of carboxylic acid groups (broad SMARTS) is 1. The summed E-state index contributed by atoms with van der Waals surface area (Å²) < 4.78 is 0. The van der Waals surface area contributed by atoms with E-state index < -0.39 is 11.4 Å². The maximum Gasteiger partial charge on any atom is 0.310 e. The van der Waals surface area contributed by atoms with Crippen molar-refractivity contribution in [3.05, 3.63) is 11.6 Å². The molecule has 5 aliphatic rings. The number of allylic oxidation sites excluding steroid dienone is 2. The van der Waals surface area contributed by atoms with Crippen LogP contribution in [0.3, 0.4) is 0 Å². The highest BCUT2D eigenvalue weighted by molar-refractivity contribution is 5.76. The largest absolute Gasteiger partial charge is 0.481 e. The van der Waals surface area contributed by atoms with Crippen LogP contribution in [-0.2, 0) is 4.79 Å². The van der Waals surface area contributed by atoms with E-state index in [1.807, 2.05) is 0 Å². The van der Waals surface area contributed by atoms with E-state index in [4.69, 9.17) is 0 Å². The lowest BCUT2D eigenvalue weighted by atomic mass is 9.33. The zero-order valence-corrected chi connectivity index (χ0v) is 22.2. The smallest absolute Gasteiger partial charge is 0.310 e. The number of aliphatic hydroxyl groups excluding tert-OH is 1. The number of hydrogen-bond acceptors (Lipinski definition) is 2. The molecule has 0 amide bonds. The average Bonchev–Trinajstić information content (AvgIpc) is 2.74. The van der Waals surface area contributed by atoms with Crippen LogP contribution in [0, 0.1) is 56.7 Å². The van der Waals surface area contributed by atoms with Gasteiger partial charge in [-0.1, -0.05) is 60.1 Å². The topological polar surface area (TPSA) is 57.5 Å². The highest BCUT2D eigenvalue weighted by atomic mass is 16.4. The van der Waals surface area contributed by atoms with Crippen LogP contribution in [0.2, 0.25) is 0 Å². The Labute approximate surface area is 201 Å². The van der Waals surface area contributed by atoms with Gasteiger partial charge in [-0.3, -0.25) is 4.79 Å². The third-order valence-electron chi connectivity index (χ3n) is 13.4. The highest BCUT2D eigenvalue weighted by Gasteiger charge is 2.69. The molecule has 0 unspecified atom stereocenters. The van der Waals surface area contributed by atoms with Crippen molar-refractivity contribution in [2.75, 3.05) is 0 Å². The minimum atomic E-state index is -0.557. The lowest BCUT2D eigenvalue weighted by Gasteiger charge is -2.71. The van der Waals surface area contributed by atoms with Crippen molar-refractivity contribution >= 4 is 5.97 Å². The average molecular weight is 457 g/mol. The molecule has 0 aliphatic heterocycles. The van der Waals surface area contributed by atoms with Crippen LogP contribution in [0.5, 0.6) is 0 Å². The zero-order chi connectivity index (χ0) is 24.2. The fourth-order valence-corrected chi connectivity index (χ4v) is 10.8. The molecule has 2 N–H and O–H groups in total. The van der Waals surface area contributed by atoms with E-state index in [-0.39, 0.29) is 33.7 Å². The van der Waals surface area contributed by atoms with Crippen LogP contribution < -0.4 is 0 Å². The summed E-state index contributed by atoms with van der Waals surface area (Å²) in [5.41, 5.74) is 1.46. The Morgan fingerprint density at radius 1 is 0.909 bits per heavy atom. The number of rotatable bonds is 1. The molecule has 3 heteroatoms.